The molecule has 0 atom stereocenters. The number of rotatable bonds is 3. The Morgan fingerprint density at radius 1 is 0.466 bits per heavy atom. The lowest BCUT2D eigenvalue weighted by Gasteiger charge is -2.22. The molecule has 1 aliphatic rings. The van der Waals surface area contributed by atoms with Gasteiger partial charge >= 0.3 is 0 Å². The molecule has 0 N–H and O–H groups in total. The minimum Gasteiger partial charge on any atom is -0.309 e. The number of fused-ring (bicyclic) bond motifs is 15. The first kappa shape index (κ1) is 32.1. The Hall–Kier alpha value is -7.08. The second-order valence-electron chi connectivity index (χ2n) is 16.1. The molecule has 0 spiro atoms. The van der Waals surface area contributed by atoms with Crippen molar-refractivity contribution in [2.24, 2.45) is 0 Å². The van der Waals surface area contributed by atoms with E-state index in [0.717, 1.165) is 38.9 Å². The lowest BCUT2D eigenvalue weighted by molar-refractivity contribution is 0.660. The highest BCUT2D eigenvalue weighted by Gasteiger charge is 2.35. The van der Waals surface area contributed by atoms with Crippen molar-refractivity contribution in [2.75, 3.05) is 0 Å². The van der Waals surface area contributed by atoms with E-state index >= 15 is 0 Å². The van der Waals surface area contributed by atoms with Gasteiger partial charge in [-0.05, 0) is 70.8 Å². The number of hydrogen-bond donors (Lipinski definition) is 0. The van der Waals surface area contributed by atoms with E-state index in [0.29, 0.717) is 5.95 Å². The average molecular weight is 759 g/mol. The quantitative estimate of drug-likeness (QED) is 0.180. The van der Waals surface area contributed by atoms with Crippen LogP contribution < -0.4 is 0 Å². The monoisotopic (exact) mass is 758 g/mol. The fourth-order valence-electron chi connectivity index (χ4n) is 10.1. The SMILES string of the molecule is CC1(C)c2ccccc2-c2ccc(-c3nc(-n4c5ccccc5c5ccc6sc7ccc8c9ccccc9n(-c9ccccc9)c8c7c6c54)nc4ccccc34)cc21. The van der Waals surface area contributed by atoms with Crippen molar-refractivity contribution in [1.29, 1.82) is 0 Å². The molecule has 0 aliphatic heterocycles. The highest BCUT2D eigenvalue weighted by Crippen LogP contribution is 2.51. The van der Waals surface area contributed by atoms with E-state index in [4.69, 9.17) is 9.97 Å². The molecule has 0 radical (unpaired) electrons. The van der Waals surface area contributed by atoms with E-state index in [1.54, 1.807) is 0 Å². The largest absolute Gasteiger partial charge is 0.309 e. The summed E-state index contributed by atoms with van der Waals surface area (Å²) < 4.78 is 7.30. The molecule has 0 amide bonds. The zero-order valence-electron chi connectivity index (χ0n) is 31.9. The molecule has 5 heteroatoms. The van der Waals surface area contributed by atoms with Crippen molar-refractivity contribution in [3.05, 3.63) is 181 Å². The molecule has 0 bridgehead atoms. The second kappa shape index (κ2) is 11.5. The standard InChI is InChI=1S/C53H34N4S/c1-53(2)40-20-10-6-16-33(40)34-25-24-31(30-41(34)53)49-39-19-7-11-21-42(39)54-52(55-49)57-44-23-13-9-18-36(44)38-27-29-46-48(51(38)57)47-45(58-46)28-26-37-35-17-8-12-22-43(35)56(50(37)47)32-14-4-3-5-15-32/h3-30H,1-2H3. The third-order valence-electron chi connectivity index (χ3n) is 12.7. The zero-order chi connectivity index (χ0) is 38.3. The van der Waals surface area contributed by atoms with Crippen LogP contribution >= 0.6 is 11.3 Å². The molecule has 4 heterocycles. The van der Waals surface area contributed by atoms with Crippen LogP contribution in [0.1, 0.15) is 25.0 Å². The van der Waals surface area contributed by atoms with Gasteiger partial charge in [0.1, 0.15) is 0 Å². The van der Waals surface area contributed by atoms with Crippen LogP contribution in [-0.2, 0) is 5.41 Å². The molecular weight excluding hydrogens is 725 g/mol. The van der Waals surface area contributed by atoms with Crippen LogP contribution in [0.3, 0.4) is 0 Å². The van der Waals surface area contributed by atoms with Crippen molar-refractivity contribution in [3.63, 3.8) is 0 Å². The van der Waals surface area contributed by atoms with E-state index in [1.807, 2.05) is 11.3 Å². The van der Waals surface area contributed by atoms with E-state index < -0.39 is 0 Å². The maximum atomic E-state index is 5.62. The normalized spacial score (nSPS) is 13.5. The van der Waals surface area contributed by atoms with Crippen LogP contribution in [0.5, 0.6) is 0 Å². The molecule has 0 unspecified atom stereocenters. The van der Waals surface area contributed by atoms with Crippen LogP contribution in [0, 0.1) is 0 Å². The number of thiophene rings is 1. The molecule has 0 saturated heterocycles. The second-order valence-corrected chi connectivity index (χ2v) is 17.2. The number of hydrogen-bond acceptors (Lipinski definition) is 3. The summed E-state index contributed by atoms with van der Waals surface area (Å²) in [4.78, 5) is 11.0. The molecule has 0 fully saturated rings. The maximum absolute atomic E-state index is 5.62. The first-order valence-electron chi connectivity index (χ1n) is 19.9. The van der Waals surface area contributed by atoms with Crippen LogP contribution in [0.2, 0.25) is 0 Å². The van der Waals surface area contributed by atoms with Crippen molar-refractivity contribution in [1.82, 2.24) is 19.1 Å². The minimum absolute atomic E-state index is 0.125. The van der Waals surface area contributed by atoms with Crippen LogP contribution in [-0.4, -0.2) is 19.1 Å². The Morgan fingerprint density at radius 3 is 1.79 bits per heavy atom. The molecule has 0 saturated carbocycles. The highest BCUT2D eigenvalue weighted by atomic mass is 32.1. The molecule has 4 nitrogen and oxygen atoms in total. The van der Waals surface area contributed by atoms with Crippen LogP contribution in [0.15, 0.2) is 170 Å². The van der Waals surface area contributed by atoms with E-state index in [2.05, 4.69) is 193 Å². The topological polar surface area (TPSA) is 35.6 Å². The Bertz CT molecular complexity index is 3710. The molecule has 272 valence electrons. The predicted octanol–water partition coefficient (Wildman–Crippen LogP) is 14.2. The van der Waals surface area contributed by atoms with Crippen molar-refractivity contribution >= 4 is 86.0 Å². The van der Waals surface area contributed by atoms with Crippen LogP contribution in [0.4, 0.5) is 0 Å². The number of benzene rings is 8. The number of nitrogens with zero attached hydrogens (tertiary/aromatic N) is 4. The lowest BCUT2D eigenvalue weighted by atomic mass is 9.82. The molecule has 4 aromatic heterocycles. The molecule has 13 rings (SSSR count). The summed E-state index contributed by atoms with van der Waals surface area (Å²) in [5.74, 6) is 0.672. The Morgan fingerprint density at radius 2 is 1.05 bits per heavy atom. The van der Waals surface area contributed by atoms with Gasteiger partial charge in [-0.1, -0.05) is 135 Å². The predicted molar refractivity (Wildman–Crippen MR) is 244 cm³/mol. The molecule has 58 heavy (non-hydrogen) atoms. The number of aromatic nitrogens is 4. The molecule has 12 aromatic rings. The fraction of sp³-hybridized carbons (Fsp3) is 0.0566. The van der Waals surface area contributed by atoms with Crippen molar-refractivity contribution < 1.29 is 0 Å². The van der Waals surface area contributed by atoms with E-state index in [1.165, 1.54) is 75.0 Å². The number of para-hydroxylation sites is 4. The summed E-state index contributed by atoms with van der Waals surface area (Å²) >= 11 is 1.86. The minimum atomic E-state index is -0.125. The van der Waals surface area contributed by atoms with E-state index in [-0.39, 0.29) is 5.41 Å². The summed E-state index contributed by atoms with van der Waals surface area (Å²) in [5, 5.41) is 8.40. The maximum Gasteiger partial charge on any atom is 0.235 e. The van der Waals surface area contributed by atoms with Gasteiger partial charge in [-0.2, -0.15) is 0 Å². The average Bonchev–Trinajstić information content (AvgIpc) is 3.98. The zero-order valence-corrected chi connectivity index (χ0v) is 32.7. The Kier molecular flexibility index (Phi) is 6.36. The van der Waals surface area contributed by atoms with Crippen LogP contribution in [0.25, 0.3) is 109 Å². The summed E-state index contributed by atoms with van der Waals surface area (Å²) in [6.07, 6.45) is 0. The Balaban J connectivity index is 1.16. The summed E-state index contributed by atoms with van der Waals surface area (Å²) in [6.45, 7) is 4.68. The van der Waals surface area contributed by atoms with Gasteiger partial charge in [0.05, 0.1) is 33.3 Å². The lowest BCUT2D eigenvalue weighted by Crippen LogP contribution is -2.15. The Labute approximate surface area is 337 Å². The molecule has 8 aromatic carbocycles. The molecular formula is C53H34N4S. The molecule has 1 aliphatic carbocycles. The summed E-state index contributed by atoms with van der Waals surface area (Å²) in [7, 11) is 0. The van der Waals surface area contributed by atoms with Gasteiger partial charge in [-0.25, -0.2) is 9.97 Å². The van der Waals surface area contributed by atoms with Crippen molar-refractivity contribution in [3.8, 4) is 34.0 Å². The smallest absolute Gasteiger partial charge is 0.235 e. The van der Waals surface area contributed by atoms with Gasteiger partial charge in [0.15, 0.2) is 0 Å². The van der Waals surface area contributed by atoms with E-state index in [9.17, 15) is 0 Å². The summed E-state index contributed by atoms with van der Waals surface area (Å²) in [5.41, 5.74) is 14.0. The van der Waals surface area contributed by atoms with Gasteiger partial charge in [0.25, 0.3) is 0 Å². The third-order valence-corrected chi connectivity index (χ3v) is 13.8. The van der Waals surface area contributed by atoms with Gasteiger partial charge in [0.2, 0.25) is 5.95 Å². The summed E-state index contributed by atoms with van der Waals surface area (Å²) in [6, 6.07) is 61.8. The third kappa shape index (κ3) is 4.18. The van der Waals surface area contributed by atoms with Gasteiger partial charge in [-0.3, -0.25) is 4.57 Å². The fourth-order valence-corrected chi connectivity index (χ4v) is 11.2. The van der Waals surface area contributed by atoms with Gasteiger partial charge in [0, 0.05) is 63.8 Å². The first-order chi connectivity index (χ1) is 28.5. The first-order valence-corrected chi connectivity index (χ1v) is 20.7. The highest BCUT2D eigenvalue weighted by molar-refractivity contribution is 7.26. The van der Waals surface area contributed by atoms with Gasteiger partial charge in [-0.15, -0.1) is 11.3 Å². The van der Waals surface area contributed by atoms with Crippen molar-refractivity contribution in [2.45, 2.75) is 19.3 Å². The van der Waals surface area contributed by atoms with Gasteiger partial charge < -0.3 is 4.57 Å².